The average Bonchev–Trinajstić information content (AvgIpc) is 2.98. The number of benzene rings is 2. The molecule has 0 atom stereocenters. The quantitative estimate of drug-likeness (QED) is 0.678. The Bertz CT molecular complexity index is 966. The van der Waals surface area contributed by atoms with Crippen LogP contribution in [0.1, 0.15) is 30.0 Å². The van der Waals surface area contributed by atoms with Gasteiger partial charge in [0.15, 0.2) is 0 Å². The van der Waals surface area contributed by atoms with E-state index in [1.165, 1.54) is 19.2 Å². The van der Waals surface area contributed by atoms with Gasteiger partial charge >= 0.3 is 5.69 Å². The first-order valence-corrected chi connectivity index (χ1v) is 8.13. The largest absolute Gasteiger partial charge is 0.489 e. The van der Waals surface area contributed by atoms with Crippen molar-refractivity contribution in [2.75, 3.05) is 0 Å². The molecular weight excluding hydrogens is 342 g/mol. The Morgan fingerprint density at radius 1 is 1.12 bits per heavy atom. The van der Waals surface area contributed by atoms with E-state index in [-0.39, 0.29) is 23.4 Å². The number of aromatic nitrogens is 4. The number of halogens is 2. The predicted octanol–water partition coefficient (Wildman–Crippen LogP) is 3.05. The highest BCUT2D eigenvalue weighted by Crippen LogP contribution is 2.29. The Hall–Kier alpha value is -3.03. The summed E-state index contributed by atoms with van der Waals surface area (Å²) in [5.74, 6) is 0.622. The van der Waals surface area contributed by atoms with Gasteiger partial charge in [0.05, 0.1) is 5.69 Å². The maximum Gasteiger partial charge on any atom is 0.368 e. The minimum atomic E-state index is -2.71. The third-order valence-electron chi connectivity index (χ3n) is 4.10. The molecule has 3 rings (SSSR count). The number of aryl methyl sites for hydroxylation is 2. The van der Waals surface area contributed by atoms with Crippen molar-refractivity contribution in [3.63, 3.8) is 0 Å². The van der Waals surface area contributed by atoms with E-state index >= 15 is 0 Å². The molecule has 1 aromatic heterocycles. The summed E-state index contributed by atoms with van der Waals surface area (Å²) < 4.78 is 34.9. The van der Waals surface area contributed by atoms with Gasteiger partial charge in [-0.2, -0.15) is 9.36 Å². The Labute approximate surface area is 148 Å². The molecule has 136 valence electrons. The second-order valence-electron chi connectivity index (χ2n) is 5.69. The second kappa shape index (κ2) is 7.47. The van der Waals surface area contributed by atoms with Crippen LogP contribution in [0.25, 0.3) is 5.69 Å². The lowest BCUT2D eigenvalue weighted by atomic mass is 10.1. The predicted molar refractivity (Wildman–Crippen MR) is 91.7 cm³/mol. The number of hydrogen-bond donors (Lipinski definition) is 0. The fraction of sp³-hybridized carbons (Fsp3) is 0.278. The Morgan fingerprint density at radius 3 is 2.54 bits per heavy atom. The molecule has 6 nitrogen and oxygen atoms in total. The average molecular weight is 360 g/mol. The summed E-state index contributed by atoms with van der Waals surface area (Å²) in [7, 11) is 1.44. The molecule has 0 radical (unpaired) electrons. The van der Waals surface area contributed by atoms with Crippen molar-refractivity contribution < 1.29 is 13.5 Å². The first-order valence-electron chi connectivity index (χ1n) is 8.13. The van der Waals surface area contributed by atoms with E-state index in [2.05, 4.69) is 10.4 Å². The van der Waals surface area contributed by atoms with Crippen molar-refractivity contribution in [2.45, 2.75) is 26.4 Å². The molecular formula is C18H18F2N4O2. The van der Waals surface area contributed by atoms with Crippen LogP contribution in [0.4, 0.5) is 8.78 Å². The SMILES string of the molecule is CCc1ccccc1OCc1c(C(F)F)cccc1-n1nnn(C)c1=O. The van der Waals surface area contributed by atoms with Gasteiger partial charge in [-0.15, -0.1) is 0 Å². The number of tetrazole rings is 1. The smallest absolute Gasteiger partial charge is 0.368 e. The summed E-state index contributed by atoms with van der Waals surface area (Å²) >= 11 is 0. The molecule has 0 aliphatic carbocycles. The van der Waals surface area contributed by atoms with Crippen molar-refractivity contribution >= 4 is 0 Å². The van der Waals surface area contributed by atoms with Gasteiger partial charge in [-0.25, -0.2) is 13.6 Å². The minimum Gasteiger partial charge on any atom is -0.489 e. The summed E-state index contributed by atoms with van der Waals surface area (Å²) in [5.41, 5.74) is 0.687. The molecule has 8 heteroatoms. The van der Waals surface area contributed by atoms with E-state index in [1.54, 1.807) is 12.1 Å². The van der Waals surface area contributed by atoms with Crippen LogP contribution in [0.3, 0.4) is 0 Å². The van der Waals surface area contributed by atoms with Crippen LogP contribution >= 0.6 is 0 Å². The van der Waals surface area contributed by atoms with Gasteiger partial charge in [0.25, 0.3) is 6.43 Å². The Morgan fingerprint density at radius 2 is 1.88 bits per heavy atom. The van der Waals surface area contributed by atoms with E-state index in [9.17, 15) is 13.6 Å². The van der Waals surface area contributed by atoms with Crippen LogP contribution in [-0.2, 0) is 20.1 Å². The first-order chi connectivity index (χ1) is 12.5. The third kappa shape index (κ3) is 3.35. The minimum absolute atomic E-state index is 0.115. The molecule has 0 saturated carbocycles. The van der Waals surface area contributed by atoms with Gasteiger partial charge in [0.2, 0.25) is 0 Å². The van der Waals surface area contributed by atoms with Crippen molar-refractivity contribution in [3.8, 4) is 11.4 Å². The van der Waals surface area contributed by atoms with Crippen LogP contribution in [0.15, 0.2) is 47.3 Å². The lowest BCUT2D eigenvalue weighted by Crippen LogP contribution is -2.23. The van der Waals surface area contributed by atoms with Gasteiger partial charge < -0.3 is 4.74 Å². The summed E-state index contributed by atoms with van der Waals surface area (Å²) in [4.78, 5) is 12.1. The Kier molecular flexibility index (Phi) is 5.11. The zero-order valence-corrected chi connectivity index (χ0v) is 14.4. The van der Waals surface area contributed by atoms with Crippen LogP contribution in [0.2, 0.25) is 0 Å². The second-order valence-corrected chi connectivity index (χ2v) is 5.69. The number of para-hydroxylation sites is 1. The monoisotopic (exact) mass is 360 g/mol. The van der Waals surface area contributed by atoms with Gasteiger partial charge in [0, 0.05) is 18.2 Å². The normalized spacial score (nSPS) is 11.1. The maximum absolute atomic E-state index is 13.5. The topological polar surface area (TPSA) is 61.9 Å². The number of ether oxygens (including phenoxy) is 1. The summed E-state index contributed by atoms with van der Waals surface area (Å²) in [6, 6.07) is 11.7. The van der Waals surface area contributed by atoms with E-state index < -0.39 is 12.1 Å². The Balaban J connectivity index is 2.04. The lowest BCUT2D eigenvalue weighted by molar-refractivity contribution is 0.148. The fourth-order valence-electron chi connectivity index (χ4n) is 2.70. The van der Waals surface area contributed by atoms with Crippen molar-refractivity contribution in [2.24, 2.45) is 7.05 Å². The zero-order chi connectivity index (χ0) is 18.7. The third-order valence-corrected chi connectivity index (χ3v) is 4.10. The summed E-state index contributed by atoms with van der Waals surface area (Å²) in [5, 5.41) is 7.39. The molecule has 0 N–H and O–H groups in total. The van der Waals surface area contributed by atoms with E-state index in [0.29, 0.717) is 5.75 Å². The van der Waals surface area contributed by atoms with E-state index in [0.717, 1.165) is 21.3 Å². The van der Waals surface area contributed by atoms with Crippen LogP contribution in [0, 0.1) is 0 Å². The first kappa shape index (κ1) is 17.8. The number of rotatable bonds is 6. The van der Waals surface area contributed by atoms with Crippen LogP contribution < -0.4 is 10.4 Å². The van der Waals surface area contributed by atoms with Gasteiger partial charge in [0.1, 0.15) is 12.4 Å². The number of hydrogen-bond acceptors (Lipinski definition) is 4. The molecule has 2 aromatic carbocycles. The van der Waals surface area contributed by atoms with Crippen molar-refractivity contribution in [1.29, 1.82) is 0 Å². The molecule has 0 spiro atoms. The fourth-order valence-corrected chi connectivity index (χ4v) is 2.70. The molecule has 3 aromatic rings. The molecule has 0 bridgehead atoms. The van der Waals surface area contributed by atoms with Crippen molar-refractivity contribution in [3.05, 3.63) is 69.6 Å². The molecule has 0 aliphatic rings. The number of alkyl halides is 2. The molecule has 0 amide bonds. The standard InChI is InChI=1S/C18H18F2N4O2/c1-3-12-7-4-5-10-16(12)26-11-14-13(17(19)20)8-6-9-15(14)24-18(25)23(2)21-22-24/h4-10,17H,3,11H2,1-2H3. The highest BCUT2D eigenvalue weighted by Gasteiger charge is 2.20. The van der Waals surface area contributed by atoms with Crippen molar-refractivity contribution in [1.82, 2.24) is 19.8 Å². The molecule has 0 fully saturated rings. The van der Waals surface area contributed by atoms with Crippen LogP contribution in [-0.4, -0.2) is 19.8 Å². The van der Waals surface area contributed by atoms with Gasteiger partial charge in [-0.1, -0.05) is 37.3 Å². The molecule has 0 unspecified atom stereocenters. The highest BCUT2D eigenvalue weighted by atomic mass is 19.3. The van der Waals surface area contributed by atoms with E-state index in [4.69, 9.17) is 4.74 Å². The maximum atomic E-state index is 13.5. The van der Waals surface area contributed by atoms with Gasteiger partial charge in [-0.05, 0) is 34.5 Å². The molecule has 0 saturated heterocycles. The zero-order valence-electron chi connectivity index (χ0n) is 14.4. The van der Waals surface area contributed by atoms with Crippen LogP contribution in [0.5, 0.6) is 5.75 Å². The summed E-state index contributed by atoms with van der Waals surface area (Å²) in [6.07, 6.45) is -1.95. The highest BCUT2D eigenvalue weighted by molar-refractivity contribution is 5.46. The molecule has 0 aliphatic heterocycles. The van der Waals surface area contributed by atoms with E-state index in [1.807, 2.05) is 25.1 Å². The number of nitrogens with zero attached hydrogens (tertiary/aromatic N) is 4. The molecule has 26 heavy (non-hydrogen) atoms. The summed E-state index contributed by atoms with van der Waals surface area (Å²) in [6.45, 7) is 1.87. The molecule has 1 heterocycles. The lowest BCUT2D eigenvalue weighted by Gasteiger charge is -2.16. The van der Waals surface area contributed by atoms with Gasteiger partial charge in [-0.3, -0.25) is 0 Å².